The number of nitrogens with two attached hydrogens (primary N) is 1. The fourth-order valence-electron chi connectivity index (χ4n) is 5.46. The van der Waals surface area contributed by atoms with Gasteiger partial charge in [-0.15, -0.1) is 0 Å². The minimum absolute atomic E-state index is 0.0417. The molecule has 2 N–H and O–H groups in total. The van der Waals surface area contributed by atoms with Gasteiger partial charge in [0.1, 0.15) is 17.3 Å². The summed E-state index contributed by atoms with van der Waals surface area (Å²) in [6, 6.07) is 10.4. The van der Waals surface area contributed by atoms with Crippen molar-refractivity contribution in [3.63, 3.8) is 0 Å². The van der Waals surface area contributed by atoms with Gasteiger partial charge in [0.2, 0.25) is 0 Å². The molecule has 0 spiro atoms. The van der Waals surface area contributed by atoms with Crippen molar-refractivity contribution in [3.8, 4) is 6.07 Å². The number of primary amides is 1. The monoisotopic (exact) mass is 545 g/mol. The Hall–Kier alpha value is -2.82. The average molecular weight is 546 g/mol. The lowest BCUT2D eigenvalue weighted by atomic mass is 9.63. The number of carbonyl (C=O) groups is 2. The maximum absolute atomic E-state index is 15.7. The van der Waals surface area contributed by atoms with Gasteiger partial charge in [-0.05, 0) is 59.9 Å². The van der Waals surface area contributed by atoms with Crippen LogP contribution < -0.4 is 5.73 Å². The van der Waals surface area contributed by atoms with Crippen molar-refractivity contribution >= 4 is 35.2 Å². The lowest BCUT2D eigenvalue weighted by molar-refractivity contribution is -0.149. The van der Waals surface area contributed by atoms with Gasteiger partial charge >= 0.3 is 12.0 Å². The molecular formula is C28H30Cl2FN3O3. The summed E-state index contributed by atoms with van der Waals surface area (Å²) in [4.78, 5) is 28.0. The molecule has 196 valence electrons. The van der Waals surface area contributed by atoms with E-state index in [4.69, 9.17) is 33.7 Å². The van der Waals surface area contributed by atoms with E-state index in [1.54, 1.807) is 30.3 Å². The predicted octanol–water partition coefficient (Wildman–Crippen LogP) is 6.20. The molecule has 1 saturated carbocycles. The van der Waals surface area contributed by atoms with Crippen LogP contribution in [0.15, 0.2) is 42.5 Å². The third-order valence-corrected chi connectivity index (χ3v) is 7.79. The third kappa shape index (κ3) is 5.15. The van der Waals surface area contributed by atoms with E-state index in [1.807, 2.05) is 20.8 Å². The van der Waals surface area contributed by atoms with Gasteiger partial charge in [-0.2, -0.15) is 5.26 Å². The Labute approximate surface area is 226 Å². The number of esters is 1. The van der Waals surface area contributed by atoms with Gasteiger partial charge < -0.3 is 15.4 Å². The SMILES string of the molecule is CC(C)(C)C[C@@H]1N(C(N)=O)[C@@H](C(=O)OCC2CC2)[C@H](c2cccc(Cl)c2F)[C@@]1(C#N)c1ccc(Cl)cc1. The number of nitrogens with zero attached hydrogens (tertiary/aromatic N) is 2. The molecule has 2 fully saturated rings. The van der Waals surface area contributed by atoms with E-state index in [9.17, 15) is 14.9 Å². The largest absolute Gasteiger partial charge is 0.464 e. The number of rotatable bonds is 6. The first-order chi connectivity index (χ1) is 17.4. The van der Waals surface area contributed by atoms with Crippen LogP contribution in [0.5, 0.6) is 0 Å². The van der Waals surface area contributed by atoms with E-state index in [2.05, 4.69) is 6.07 Å². The lowest BCUT2D eigenvalue weighted by Crippen LogP contribution is -2.52. The predicted molar refractivity (Wildman–Crippen MR) is 140 cm³/mol. The molecule has 4 atom stereocenters. The second kappa shape index (κ2) is 10.2. The van der Waals surface area contributed by atoms with E-state index < -0.39 is 46.6 Å². The van der Waals surface area contributed by atoms with E-state index in [1.165, 1.54) is 17.0 Å². The summed E-state index contributed by atoms with van der Waals surface area (Å²) in [7, 11) is 0. The molecule has 4 rings (SSSR count). The molecule has 1 heterocycles. The zero-order valence-corrected chi connectivity index (χ0v) is 22.5. The fraction of sp³-hybridized carbons (Fsp3) is 0.464. The number of amides is 2. The highest BCUT2D eigenvalue weighted by Gasteiger charge is 2.65. The lowest BCUT2D eigenvalue weighted by Gasteiger charge is -2.38. The second-order valence-electron chi connectivity index (χ2n) is 11.2. The summed E-state index contributed by atoms with van der Waals surface area (Å²) < 4.78 is 21.4. The van der Waals surface area contributed by atoms with Crippen molar-refractivity contribution in [1.29, 1.82) is 5.26 Å². The summed E-state index contributed by atoms with van der Waals surface area (Å²) in [5.74, 6) is -2.37. The summed E-state index contributed by atoms with van der Waals surface area (Å²) in [6.07, 6.45) is 2.20. The van der Waals surface area contributed by atoms with Crippen LogP contribution >= 0.6 is 23.2 Å². The number of carbonyl (C=O) groups excluding carboxylic acids is 2. The highest BCUT2D eigenvalue weighted by atomic mass is 35.5. The van der Waals surface area contributed by atoms with Crippen LogP contribution in [0.1, 0.15) is 57.1 Å². The number of ether oxygens (including phenoxy) is 1. The fourth-order valence-corrected chi connectivity index (χ4v) is 5.77. The molecule has 1 saturated heterocycles. The van der Waals surface area contributed by atoms with Crippen molar-refractivity contribution in [2.75, 3.05) is 6.61 Å². The number of hydrogen-bond acceptors (Lipinski definition) is 4. The minimum Gasteiger partial charge on any atom is -0.464 e. The Balaban J connectivity index is 2.03. The number of benzene rings is 2. The summed E-state index contributed by atoms with van der Waals surface area (Å²) in [5.41, 5.74) is 4.49. The van der Waals surface area contributed by atoms with Gasteiger partial charge in [-0.25, -0.2) is 14.0 Å². The van der Waals surface area contributed by atoms with Crippen molar-refractivity contribution in [1.82, 2.24) is 4.90 Å². The molecule has 0 aromatic heterocycles. The molecule has 2 aliphatic rings. The average Bonchev–Trinajstić information content (AvgIpc) is 3.61. The van der Waals surface area contributed by atoms with Crippen LogP contribution in [0, 0.1) is 28.5 Å². The maximum Gasteiger partial charge on any atom is 0.329 e. The van der Waals surface area contributed by atoms with Gasteiger partial charge in [0.15, 0.2) is 0 Å². The van der Waals surface area contributed by atoms with Gasteiger partial charge in [-0.3, -0.25) is 0 Å². The van der Waals surface area contributed by atoms with Crippen LogP contribution in [0.4, 0.5) is 9.18 Å². The van der Waals surface area contributed by atoms with Crippen molar-refractivity contribution in [2.24, 2.45) is 17.1 Å². The zero-order valence-electron chi connectivity index (χ0n) is 21.0. The number of nitriles is 1. The highest BCUT2D eigenvalue weighted by Crippen LogP contribution is 2.56. The molecule has 9 heteroatoms. The van der Waals surface area contributed by atoms with Crippen molar-refractivity contribution < 1.29 is 18.7 Å². The Morgan fingerprint density at radius 1 is 1.19 bits per heavy atom. The van der Waals surface area contributed by atoms with Crippen LogP contribution in [-0.4, -0.2) is 35.6 Å². The van der Waals surface area contributed by atoms with E-state index in [0.717, 1.165) is 12.8 Å². The Kier molecular flexibility index (Phi) is 7.47. The van der Waals surface area contributed by atoms with Gasteiger partial charge in [-0.1, -0.05) is 68.2 Å². The smallest absolute Gasteiger partial charge is 0.329 e. The molecule has 2 aromatic carbocycles. The molecule has 1 aliphatic carbocycles. The first kappa shape index (κ1) is 27.2. The number of hydrogen-bond donors (Lipinski definition) is 1. The highest BCUT2D eigenvalue weighted by molar-refractivity contribution is 6.31. The number of halogens is 3. The van der Waals surface area contributed by atoms with Crippen molar-refractivity contribution in [3.05, 3.63) is 69.5 Å². The summed E-state index contributed by atoms with van der Waals surface area (Å²) in [6.45, 7) is 6.08. The van der Waals surface area contributed by atoms with Crippen molar-refractivity contribution in [2.45, 2.75) is 63.5 Å². The molecular weight excluding hydrogens is 516 g/mol. The standard InChI is InChI=1S/C28H30Cl2FN3O3/c1-27(2,3)13-21-28(15-32,17-9-11-18(29)12-10-17)22(19-5-4-6-20(30)23(19)31)24(34(21)26(33)36)25(35)37-14-16-7-8-16/h4-6,9-12,16,21-22,24H,7-8,13-14H2,1-3H3,(H2,33,36)/t21-,22-,24+,28-/m0/s1. The first-order valence-corrected chi connectivity index (χ1v) is 13.0. The third-order valence-electron chi connectivity index (χ3n) is 7.25. The van der Waals surface area contributed by atoms with E-state index in [0.29, 0.717) is 17.0 Å². The Bertz CT molecular complexity index is 1240. The maximum atomic E-state index is 15.7. The number of likely N-dealkylation sites (tertiary alicyclic amines) is 1. The van der Waals surface area contributed by atoms with Crippen LogP contribution in [0.3, 0.4) is 0 Å². The van der Waals surface area contributed by atoms with E-state index >= 15 is 4.39 Å². The second-order valence-corrected chi connectivity index (χ2v) is 12.0. The quantitative estimate of drug-likeness (QED) is 0.437. The van der Waals surface area contributed by atoms with Gasteiger partial charge in [0, 0.05) is 10.9 Å². The summed E-state index contributed by atoms with van der Waals surface area (Å²) >= 11 is 12.3. The van der Waals surface area contributed by atoms with Crippen LogP contribution in [0.2, 0.25) is 10.0 Å². The topological polar surface area (TPSA) is 96.4 Å². The zero-order chi connectivity index (χ0) is 27.1. The molecule has 2 amide bonds. The first-order valence-electron chi connectivity index (χ1n) is 12.3. The normalized spacial score (nSPS) is 25.5. The number of urea groups is 1. The molecule has 0 radical (unpaired) electrons. The molecule has 37 heavy (non-hydrogen) atoms. The van der Waals surface area contributed by atoms with E-state index in [-0.39, 0.29) is 23.1 Å². The Morgan fingerprint density at radius 3 is 2.38 bits per heavy atom. The molecule has 1 aliphatic heterocycles. The minimum atomic E-state index is -1.57. The Morgan fingerprint density at radius 2 is 1.84 bits per heavy atom. The van der Waals surface area contributed by atoms with Gasteiger partial charge in [0.05, 0.1) is 23.7 Å². The van der Waals surface area contributed by atoms with Crippen LogP contribution in [-0.2, 0) is 14.9 Å². The summed E-state index contributed by atoms with van der Waals surface area (Å²) in [5, 5.41) is 11.2. The molecule has 6 nitrogen and oxygen atoms in total. The van der Waals surface area contributed by atoms with Gasteiger partial charge in [0.25, 0.3) is 0 Å². The molecule has 2 aromatic rings. The molecule has 0 unspecified atom stereocenters. The van der Waals surface area contributed by atoms with Crippen LogP contribution in [0.25, 0.3) is 0 Å². The molecule has 0 bridgehead atoms.